The van der Waals surface area contributed by atoms with E-state index in [1.807, 2.05) is 6.92 Å². The zero-order valence-electron chi connectivity index (χ0n) is 24.0. The summed E-state index contributed by atoms with van der Waals surface area (Å²) in [5, 5.41) is 13.5. The van der Waals surface area contributed by atoms with Gasteiger partial charge in [-0.2, -0.15) is 13.2 Å². The van der Waals surface area contributed by atoms with E-state index in [9.17, 15) is 32.3 Å². The first kappa shape index (κ1) is 32.4. The summed E-state index contributed by atoms with van der Waals surface area (Å²) in [5.74, 6) is -1.35. The zero-order chi connectivity index (χ0) is 31.9. The summed E-state index contributed by atoms with van der Waals surface area (Å²) in [6.07, 6.45) is -2.29. The summed E-state index contributed by atoms with van der Waals surface area (Å²) in [7, 11) is 0. The highest BCUT2D eigenvalue weighted by molar-refractivity contribution is 7.15. The Bertz CT molecular complexity index is 1610. The molecule has 0 spiro atoms. The van der Waals surface area contributed by atoms with Gasteiger partial charge in [0.15, 0.2) is 5.78 Å². The predicted octanol–water partition coefficient (Wildman–Crippen LogP) is 7.66. The third-order valence-corrected chi connectivity index (χ3v) is 7.86. The molecule has 0 fully saturated rings. The average molecular weight is 627 g/mol. The molecule has 4 aromatic rings. The van der Waals surface area contributed by atoms with Gasteiger partial charge < -0.3 is 15.2 Å². The Morgan fingerprint density at radius 1 is 1.02 bits per heavy atom. The highest BCUT2D eigenvalue weighted by Gasteiger charge is 2.30. The van der Waals surface area contributed by atoms with Gasteiger partial charge in [-0.3, -0.25) is 4.79 Å². The lowest BCUT2D eigenvalue weighted by molar-refractivity contribution is -0.139. The molecule has 230 valence electrons. The van der Waals surface area contributed by atoms with Crippen LogP contribution in [0.3, 0.4) is 0 Å². The minimum absolute atomic E-state index is 0.0615. The Morgan fingerprint density at radius 2 is 1.68 bits per heavy atom. The maximum absolute atomic E-state index is 13.2. The minimum atomic E-state index is -4.51. The Balaban J connectivity index is 1.32. The molecule has 44 heavy (non-hydrogen) atoms. The molecular weight excluding hydrogens is 596 g/mol. The number of carboxylic acid groups (broad SMARTS) is 1. The molecule has 4 rings (SSSR count). The lowest BCUT2D eigenvalue weighted by Crippen LogP contribution is -2.38. The molecular formula is C33H30F4N2O4S. The molecule has 0 aliphatic heterocycles. The molecule has 2 N–H and O–H groups in total. The number of aliphatic carboxylic acids is 1. The summed E-state index contributed by atoms with van der Waals surface area (Å²) < 4.78 is 57.6. The number of ether oxygens (including phenoxy) is 1. The van der Waals surface area contributed by atoms with E-state index in [0.29, 0.717) is 30.9 Å². The van der Waals surface area contributed by atoms with E-state index < -0.39 is 29.5 Å². The van der Waals surface area contributed by atoms with Gasteiger partial charge in [0.1, 0.15) is 22.6 Å². The number of nitrogens with zero attached hydrogens (tertiary/aromatic N) is 1. The number of carbonyl (C=O) groups is 2. The van der Waals surface area contributed by atoms with Crippen LogP contribution < -0.4 is 10.1 Å². The monoisotopic (exact) mass is 626 g/mol. The van der Waals surface area contributed by atoms with Crippen molar-refractivity contribution in [2.75, 3.05) is 6.61 Å². The first-order valence-corrected chi connectivity index (χ1v) is 14.6. The molecule has 0 amide bonds. The molecule has 0 saturated heterocycles. The van der Waals surface area contributed by atoms with Gasteiger partial charge in [-0.25, -0.2) is 14.2 Å². The zero-order valence-corrected chi connectivity index (χ0v) is 24.8. The molecule has 0 aliphatic rings. The minimum Gasteiger partial charge on any atom is -0.493 e. The molecule has 0 aliphatic carbocycles. The number of aryl methyl sites for hydroxylation is 1. The van der Waals surface area contributed by atoms with Crippen molar-refractivity contribution in [3.05, 3.63) is 118 Å². The van der Waals surface area contributed by atoms with Crippen LogP contribution in [0, 0.1) is 12.7 Å². The highest BCUT2D eigenvalue weighted by atomic mass is 32.1. The smallest absolute Gasteiger partial charge is 0.416 e. The van der Waals surface area contributed by atoms with Crippen molar-refractivity contribution in [1.82, 2.24) is 10.3 Å². The van der Waals surface area contributed by atoms with E-state index in [-0.39, 0.29) is 17.8 Å². The van der Waals surface area contributed by atoms with E-state index in [4.69, 9.17) is 4.74 Å². The standard InChI is InChI=1S/C33H30F4N2O4S/c1-3-26(19-30(40)22-6-10-24(11-7-22)33(35,36)37)38-29(32(41)42)18-21-4-14-27(15-5-21)43-17-16-28-20(2)44-31(39-28)23-8-12-25(34)13-9-23/h4-15,19,29,38H,3,16-18H2,1-2H3,(H,41,42)/b26-19-. The van der Waals surface area contributed by atoms with Crippen molar-refractivity contribution in [3.63, 3.8) is 0 Å². The second-order valence-corrected chi connectivity index (χ2v) is 11.2. The van der Waals surface area contributed by atoms with E-state index in [1.54, 1.807) is 43.3 Å². The third-order valence-electron chi connectivity index (χ3n) is 6.80. The van der Waals surface area contributed by atoms with Crippen LogP contribution in [-0.4, -0.2) is 34.5 Å². The Kier molecular flexibility index (Phi) is 10.5. The summed E-state index contributed by atoms with van der Waals surface area (Å²) in [5.41, 5.74) is 2.03. The fourth-order valence-electron chi connectivity index (χ4n) is 4.33. The van der Waals surface area contributed by atoms with Crippen LogP contribution in [0.1, 0.15) is 45.4 Å². The van der Waals surface area contributed by atoms with Gasteiger partial charge in [0.25, 0.3) is 0 Å². The van der Waals surface area contributed by atoms with Crippen molar-refractivity contribution >= 4 is 23.1 Å². The number of thiazole rings is 1. The van der Waals surface area contributed by atoms with Crippen molar-refractivity contribution in [3.8, 4) is 16.3 Å². The molecule has 0 radical (unpaired) electrons. The Labute approximate surface area is 256 Å². The topological polar surface area (TPSA) is 88.5 Å². The van der Waals surface area contributed by atoms with E-state index >= 15 is 0 Å². The number of benzene rings is 3. The van der Waals surface area contributed by atoms with Gasteiger partial charge in [0.2, 0.25) is 0 Å². The van der Waals surface area contributed by atoms with E-state index in [0.717, 1.165) is 51.0 Å². The molecule has 3 aromatic carbocycles. The van der Waals surface area contributed by atoms with Crippen LogP contribution in [0.5, 0.6) is 5.75 Å². The first-order chi connectivity index (χ1) is 20.9. The quantitative estimate of drug-likeness (QED) is 0.0900. The summed E-state index contributed by atoms with van der Waals surface area (Å²) in [6.45, 7) is 4.09. The number of aromatic nitrogens is 1. The van der Waals surface area contributed by atoms with Gasteiger partial charge >= 0.3 is 12.1 Å². The van der Waals surface area contributed by atoms with Gasteiger partial charge in [0.05, 0.1) is 17.9 Å². The second kappa shape index (κ2) is 14.3. The van der Waals surface area contributed by atoms with E-state index in [1.165, 1.54) is 29.5 Å². The number of allylic oxidation sites excluding steroid dienone is 2. The van der Waals surface area contributed by atoms with Gasteiger partial charge in [-0.15, -0.1) is 11.3 Å². The number of nitrogens with one attached hydrogen (secondary N) is 1. The molecule has 6 nitrogen and oxygen atoms in total. The van der Waals surface area contributed by atoms with Crippen LogP contribution in [0.25, 0.3) is 10.6 Å². The van der Waals surface area contributed by atoms with Crippen LogP contribution in [0.15, 0.2) is 84.6 Å². The maximum atomic E-state index is 13.2. The number of alkyl halides is 3. The van der Waals surface area contributed by atoms with Crippen molar-refractivity contribution in [1.29, 1.82) is 0 Å². The highest BCUT2D eigenvalue weighted by Crippen LogP contribution is 2.30. The maximum Gasteiger partial charge on any atom is 0.416 e. The summed E-state index contributed by atoms with van der Waals surface area (Å²) >= 11 is 1.54. The first-order valence-electron chi connectivity index (χ1n) is 13.8. The molecule has 1 unspecified atom stereocenters. The Morgan fingerprint density at radius 3 is 2.27 bits per heavy atom. The molecule has 1 aromatic heterocycles. The molecule has 1 atom stereocenters. The number of carbonyl (C=O) groups excluding carboxylic acids is 1. The van der Waals surface area contributed by atoms with Gasteiger partial charge in [0, 0.05) is 40.6 Å². The third kappa shape index (κ3) is 8.76. The second-order valence-electron chi connectivity index (χ2n) is 9.97. The largest absolute Gasteiger partial charge is 0.493 e. The lowest BCUT2D eigenvalue weighted by Gasteiger charge is -2.18. The number of hydrogen-bond donors (Lipinski definition) is 2. The lowest BCUT2D eigenvalue weighted by atomic mass is 10.0. The normalized spacial score (nSPS) is 12.5. The number of hydrogen-bond acceptors (Lipinski definition) is 6. The number of carboxylic acids is 1. The van der Waals surface area contributed by atoms with Crippen molar-refractivity contribution in [2.24, 2.45) is 0 Å². The molecule has 0 bridgehead atoms. The number of rotatable bonds is 13. The van der Waals surface area contributed by atoms with Crippen LogP contribution in [0.4, 0.5) is 17.6 Å². The summed E-state index contributed by atoms with van der Waals surface area (Å²) in [6, 6.07) is 16.0. The van der Waals surface area contributed by atoms with Gasteiger partial charge in [-0.1, -0.05) is 31.2 Å². The molecule has 0 saturated carbocycles. The number of halogens is 4. The molecule has 1 heterocycles. The van der Waals surface area contributed by atoms with Crippen molar-refractivity contribution in [2.45, 2.75) is 45.3 Å². The van der Waals surface area contributed by atoms with E-state index in [2.05, 4.69) is 10.3 Å². The SMILES string of the molecule is CC/C(=C/C(=O)c1ccc(C(F)(F)F)cc1)NC(Cc1ccc(OCCc2nc(-c3ccc(F)cc3)sc2C)cc1)C(=O)O. The molecule has 11 heteroatoms. The predicted molar refractivity (Wildman–Crippen MR) is 160 cm³/mol. The van der Waals surface area contributed by atoms with Crippen LogP contribution in [-0.2, 0) is 23.8 Å². The fraction of sp³-hybridized carbons (Fsp3) is 0.242. The number of ketones is 1. The summed E-state index contributed by atoms with van der Waals surface area (Å²) in [4.78, 5) is 30.3. The van der Waals surface area contributed by atoms with Crippen LogP contribution in [0.2, 0.25) is 0 Å². The fourth-order valence-corrected chi connectivity index (χ4v) is 5.30. The van der Waals surface area contributed by atoms with Crippen LogP contribution >= 0.6 is 11.3 Å². The average Bonchev–Trinajstić information content (AvgIpc) is 3.37. The van der Waals surface area contributed by atoms with Crippen molar-refractivity contribution < 1.29 is 37.0 Å². The van der Waals surface area contributed by atoms with Gasteiger partial charge in [-0.05, 0) is 67.4 Å². The Hall–Kier alpha value is -4.51.